The van der Waals surface area contributed by atoms with E-state index >= 15 is 0 Å². The molecule has 0 amide bonds. The highest BCUT2D eigenvalue weighted by Crippen LogP contribution is 2.29. The lowest BCUT2D eigenvalue weighted by Gasteiger charge is -2.11. The van der Waals surface area contributed by atoms with Crippen LogP contribution in [0, 0.1) is 11.8 Å². The van der Waals surface area contributed by atoms with E-state index in [1.807, 2.05) is 12.4 Å². The fraction of sp³-hybridized carbons (Fsp3) is 0.600. The molecular formula is C10H14N2. The van der Waals surface area contributed by atoms with Crippen molar-refractivity contribution in [3.05, 3.63) is 23.5 Å². The molecule has 1 aromatic rings. The van der Waals surface area contributed by atoms with Crippen LogP contribution in [-0.4, -0.2) is 10.2 Å². The van der Waals surface area contributed by atoms with Gasteiger partial charge in [0, 0.05) is 0 Å². The van der Waals surface area contributed by atoms with Crippen molar-refractivity contribution in [2.75, 3.05) is 0 Å². The summed E-state index contributed by atoms with van der Waals surface area (Å²) in [5.41, 5.74) is 2.81. The van der Waals surface area contributed by atoms with Crippen molar-refractivity contribution in [1.82, 2.24) is 10.2 Å². The van der Waals surface area contributed by atoms with Crippen LogP contribution >= 0.6 is 0 Å². The van der Waals surface area contributed by atoms with E-state index in [0.717, 1.165) is 11.8 Å². The first-order valence-corrected chi connectivity index (χ1v) is 4.56. The Morgan fingerprint density at radius 3 is 2.08 bits per heavy atom. The third-order valence-electron chi connectivity index (χ3n) is 2.81. The predicted octanol–water partition coefficient (Wildman–Crippen LogP) is 1.85. The fourth-order valence-corrected chi connectivity index (χ4v) is 1.85. The van der Waals surface area contributed by atoms with E-state index < -0.39 is 0 Å². The Morgan fingerprint density at radius 2 is 1.67 bits per heavy atom. The van der Waals surface area contributed by atoms with Gasteiger partial charge < -0.3 is 0 Å². The van der Waals surface area contributed by atoms with E-state index in [1.54, 1.807) is 0 Å². The van der Waals surface area contributed by atoms with Crippen LogP contribution in [0.5, 0.6) is 0 Å². The number of hydrogen-bond donors (Lipinski definition) is 0. The summed E-state index contributed by atoms with van der Waals surface area (Å²) in [4.78, 5) is 0. The standard InChI is InChI=1S/C10H14N2/c1-7(2)8-3-9-5-11-12-6-10(9)4-8/h5-8H,3-4H2,1-2H3. The fourth-order valence-electron chi connectivity index (χ4n) is 1.85. The zero-order valence-corrected chi connectivity index (χ0v) is 7.62. The Kier molecular flexibility index (Phi) is 1.83. The van der Waals surface area contributed by atoms with Crippen molar-refractivity contribution in [1.29, 1.82) is 0 Å². The molecule has 1 aromatic heterocycles. The summed E-state index contributed by atoms with van der Waals surface area (Å²) in [6.07, 6.45) is 6.22. The van der Waals surface area contributed by atoms with Gasteiger partial charge in [-0.2, -0.15) is 10.2 Å². The SMILES string of the molecule is CC(C)C1Cc2cnncc2C1. The molecule has 0 unspecified atom stereocenters. The molecule has 0 spiro atoms. The Balaban J connectivity index is 2.22. The molecule has 0 bridgehead atoms. The third kappa shape index (κ3) is 1.22. The molecule has 0 aliphatic heterocycles. The van der Waals surface area contributed by atoms with Crippen LogP contribution < -0.4 is 0 Å². The highest BCUT2D eigenvalue weighted by atomic mass is 15.1. The van der Waals surface area contributed by atoms with E-state index in [0.29, 0.717) is 0 Å². The summed E-state index contributed by atoms with van der Waals surface area (Å²) >= 11 is 0. The molecule has 1 aliphatic carbocycles. The summed E-state index contributed by atoms with van der Waals surface area (Å²) in [5.74, 6) is 1.59. The Labute approximate surface area is 73.0 Å². The van der Waals surface area contributed by atoms with E-state index in [9.17, 15) is 0 Å². The second-order valence-corrected chi connectivity index (χ2v) is 3.95. The summed E-state index contributed by atoms with van der Waals surface area (Å²) in [7, 11) is 0. The van der Waals surface area contributed by atoms with Gasteiger partial charge in [-0.3, -0.25) is 0 Å². The zero-order valence-electron chi connectivity index (χ0n) is 7.62. The molecule has 1 heterocycles. The summed E-state index contributed by atoms with van der Waals surface area (Å²) in [6, 6.07) is 0. The molecule has 0 radical (unpaired) electrons. The lowest BCUT2D eigenvalue weighted by Crippen LogP contribution is -2.07. The molecule has 0 saturated heterocycles. The number of hydrogen-bond acceptors (Lipinski definition) is 2. The maximum absolute atomic E-state index is 3.90. The van der Waals surface area contributed by atoms with Gasteiger partial charge in [-0.05, 0) is 35.8 Å². The first kappa shape index (κ1) is 7.71. The maximum atomic E-state index is 3.90. The van der Waals surface area contributed by atoms with Gasteiger partial charge in [0.05, 0.1) is 12.4 Å². The largest absolute Gasteiger partial charge is 0.159 e. The molecule has 0 atom stereocenters. The number of rotatable bonds is 1. The Morgan fingerprint density at radius 1 is 1.17 bits per heavy atom. The molecule has 64 valence electrons. The number of fused-ring (bicyclic) bond motifs is 1. The van der Waals surface area contributed by atoms with Crippen LogP contribution in [-0.2, 0) is 12.8 Å². The average Bonchev–Trinajstić information content (AvgIpc) is 2.46. The van der Waals surface area contributed by atoms with Crippen LogP contribution in [0.25, 0.3) is 0 Å². The van der Waals surface area contributed by atoms with Gasteiger partial charge in [0.1, 0.15) is 0 Å². The van der Waals surface area contributed by atoms with Gasteiger partial charge in [0.25, 0.3) is 0 Å². The van der Waals surface area contributed by atoms with Crippen molar-refractivity contribution in [2.24, 2.45) is 11.8 Å². The second-order valence-electron chi connectivity index (χ2n) is 3.95. The van der Waals surface area contributed by atoms with E-state index in [4.69, 9.17) is 0 Å². The van der Waals surface area contributed by atoms with Crippen molar-refractivity contribution in [2.45, 2.75) is 26.7 Å². The summed E-state index contributed by atoms with van der Waals surface area (Å²) < 4.78 is 0. The maximum Gasteiger partial charge on any atom is 0.0531 e. The van der Waals surface area contributed by atoms with Crippen LogP contribution in [0.1, 0.15) is 25.0 Å². The van der Waals surface area contributed by atoms with Crippen LogP contribution in [0.2, 0.25) is 0 Å². The normalized spacial score (nSPS) is 16.9. The minimum atomic E-state index is 0.775. The molecule has 2 heteroatoms. The molecule has 0 N–H and O–H groups in total. The highest BCUT2D eigenvalue weighted by Gasteiger charge is 2.23. The van der Waals surface area contributed by atoms with E-state index in [2.05, 4.69) is 24.0 Å². The number of aromatic nitrogens is 2. The lowest BCUT2D eigenvalue weighted by molar-refractivity contribution is 0.404. The molecule has 2 nitrogen and oxygen atoms in total. The van der Waals surface area contributed by atoms with Gasteiger partial charge in [0.15, 0.2) is 0 Å². The predicted molar refractivity (Wildman–Crippen MR) is 47.8 cm³/mol. The molecule has 0 fully saturated rings. The van der Waals surface area contributed by atoms with Gasteiger partial charge in [0.2, 0.25) is 0 Å². The quantitative estimate of drug-likeness (QED) is 0.629. The summed E-state index contributed by atoms with van der Waals surface area (Å²) in [5, 5.41) is 7.80. The molecule has 0 saturated carbocycles. The first-order chi connectivity index (χ1) is 5.77. The molecular weight excluding hydrogens is 148 g/mol. The summed E-state index contributed by atoms with van der Waals surface area (Å²) in [6.45, 7) is 4.58. The highest BCUT2D eigenvalue weighted by molar-refractivity contribution is 5.26. The molecule has 12 heavy (non-hydrogen) atoms. The van der Waals surface area contributed by atoms with Crippen molar-refractivity contribution in [3.63, 3.8) is 0 Å². The van der Waals surface area contributed by atoms with E-state index in [1.165, 1.54) is 24.0 Å². The van der Waals surface area contributed by atoms with Gasteiger partial charge >= 0.3 is 0 Å². The lowest BCUT2D eigenvalue weighted by atomic mass is 9.93. The second kappa shape index (κ2) is 2.85. The van der Waals surface area contributed by atoms with Crippen molar-refractivity contribution < 1.29 is 0 Å². The molecule has 2 rings (SSSR count). The minimum Gasteiger partial charge on any atom is -0.159 e. The Bertz CT molecular complexity index is 256. The van der Waals surface area contributed by atoms with Crippen LogP contribution in [0.15, 0.2) is 12.4 Å². The third-order valence-corrected chi connectivity index (χ3v) is 2.81. The topological polar surface area (TPSA) is 25.8 Å². The molecule has 0 aromatic carbocycles. The molecule has 1 aliphatic rings. The monoisotopic (exact) mass is 162 g/mol. The average molecular weight is 162 g/mol. The van der Waals surface area contributed by atoms with Gasteiger partial charge in [-0.1, -0.05) is 13.8 Å². The first-order valence-electron chi connectivity index (χ1n) is 4.56. The number of nitrogens with zero attached hydrogens (tertiary/aromatic N) is 2. The smallest absolute Gasteiger partial charge is 0.0531 e. The van der Waals surface area contributed by atoms with Crippen LogP contribution in [0.3, 0.4) is 0 Å². The van der Waals surface area contributed by atoms with Gasteiger partial charge in [-0.25, -0.2) is 0 Å². The van der Waals surface area contributed by atoms with E-state index in [-0.39, 0.29) is 0 Å². The zero-order chi connectivity index (χ0) is 8.55. The minimum absolute atomic E-state index is 0.775. The van der Waals surface area contributed by atoms with Gasteiger partial charge in [-0.15, -0.1) is 0 Å². The van der Waals surface area contributed by atoms with Crippen molar-refractivity contribution >= 4 is 0 Å². The Hall–Kier alpha value is -0.920. The van der Waals surface area contributed by atoms with Crippen LogP contribution in [0.4, 0.5) is 0 Å². The van der Waals surface area contributed by atoms with Crippen molar-refractivity contribution in [3.8, 4) is 0 Å².